The standard InChI is InChI=1S/C14H25N3O2.ClH/c15-12-5-1-4-11(8-12)14(19)17-6-2-3-10(9-17)7-13(16)18;/h10-12H,1-9,15H2,(H2,16,18);1H. The van der Waals surface area contributed by atoms with Gasteiger partial charge in [0.2, 0.25) is 11.8 Å². The molecule has 4 N–H and O–H groups in total. The predicted octanol–water partition coefficient (Wildman–Crippen LogP) is 1.04. The van der Waals surface area contributed by atoms with Gasteiger partial charge in [0.05, 0.1) is 0 Å². The molecule has 2 fully saturated rings. The van der Waals surface area contributed by atoms with Gasteiger partial charge >= 0.3 is 0 Å². The van der Waals surface area contributed by atoms with Crippen molar-refractivity contribution in [1.29, 1.82) is 0 Å². The number of likely N-dealkylation sites (tertiary alicyclic amines) is 1. The monoisotopic (exact) mass is 303 g/mol. The third-order valence-corrected chi connectivity index (χ3v) is 4.38. The summed E-state index contributed by atoms with van der Waals surface area (Å²) in [7, 11) is 0. The Balaban J connectivity index is 0.00000200. The van der Waals surface area contributed by atoms with Gasteiger partial charge in [-0.25, -0.2) is 0 Å². The van der Waals surface area contributed by atoms with Crippen LogP contribution in [0.5, 0.6) is 0 Å². The molecule has 1 aliphatic heterocycles. The van der Waals surface area contributed by atoms with E-state index in [1.807, 2.05) is 4.90 Å². The van der Waals surface area contributed by atoms with Gasteiger partial charge in [-0.3, -0.25) is 9.59 Å². The highest BCUT2D eigenvalue weighted by Gasteiger charge is 2.31. The van der Waals surface area contributed by atoms with Crippen LogP contribution in [0.1, 0.15) is 44.9 Å². The molecule has 1 saturated heterocycles. The van der Waals surface area contributed by atoms with E-state index in [0.29, 0.717) is 13.0 Å². The molecule has 0 aromatic rings. The van der Waals surface area contributed by atoms with E-state index in [9.17, 15) is 9.59 Å². The Morgan fingerprint density at radius 1 is 1.15 bits per heavy atom. The summed E-state index contributed by atoms with van der Waals surface area (Å²) in [6.45, 7) is 1.51. The lowest BCUT2D eigenvalue weighted by atomic mass is 9.84. The summed E-state index contributed by atoms with van der Waals surface area (Å²) in [4.78, 5) is 25.4. The smallest absolute Gasteiger partial charge is 0.225 e. The van der Waals surface area contributed by atoms with E-state index in [-0.39, 0.29) is 42.1 Å². The maximum atomic E-state index is 12.5. The zero-order valence-corrected chi connectivity index (χ0v) is 12.7. The summed E-state index contributed by atoms with van der Waals surface area (Å²) >= 11 is 0. The van der Waals surface area contributed by atoms with E-state index < -0.39 is 0 Å². The molecule has 116 valence electrons. The van der Waals surface area contributed by atoms with Crippen molar-refractivity contribution in [2.75, 3.05) is 13.1 Å². The van der Waals surface area contributed by atoms with Gasteiger partial charge in [-0.05, 0) is 38.0 Å². The molecular formula is C14H26ClN3O2. The Morgan fingerprint density at radius 3 is 2.55 bits per heavy atom. The fourth-order valence-corrected chi connectivity index (χ4v) is 3.43. The normalized spacial score (nSPS) is 30.4. The zero-order valence-electron chi connectivity index (χ0n) is 11.9. The van der Waals surface area contributed by atoms with Gasteiger partial charge in [-0.1, -0.05) is 6.42 Å². The molecule has 6 heteroatoms. The SMILES string of the molecule is Cl.NC(=O)CC1CCCN(C(=O)C2CCCC(N)C2)C1. The molecule has 3 atom stereocenters. The maximum Gasteiger partial charge on any atom is 0.225 e. The largest absolute Gasteiger partial charge is 0.370 e. The molecule has 0 radical (unpaired) electrons. The van der Waals surface area contributed by atoms with Crippen LogP contribution in [-0.4, -0.2) is 35.8 Å². The van der Waals surface area contributed by atoms with Crippen LogP contribution in [0.2, 0.25) is 0 Å². The number of hydrogen-bond donors (Lipinski definition) is 2. The molecule has 20 heavy (non-hydrogen) atoms. The van der Waals surface area contributed by atoms with Gasteiger partial charge in [0.1, 0.15) is 0 Å². The average Bonchev–Trinajstić information content (AvgIpc) is 2.37. The van der Waals surface area contributed by atoms with Crippen molar-refractivity contribution in [1.82, 2.24) is 4.90 Å². The van der Waals surface area contributed by atoms with Gasteiger partial charge in [-0.15, -0.1) is 12.4 Å². The number of carbonyl (C=O) groups is 2. The number of nitrogens with two attached hydrogens (primary N) is 2. The van der Waals surface area contributed by atoms with Crippen molar-refractivity contribution in [3.8, 4) is 0 Å². The van der Waals surface area contributed by atoms with Crippen molar-refractivity contribution in [2.45, 2.75) is 51.0 Å². The highest BCUT2D eigenvalue weighted by Crippen LogP contribution is 2.27. The van der Waals surface area contributed by atoms with E-state index in [4.69, 9.17) is 11.5 Å². The molecule has 2 aliphatic rings. The molecule has 1 aliphatic carbocycles. The zero-order chi connectivity index (χ0) is 13.8. The second-order valence-electron chi connectivity index (χ2n) is 6.09. The molecule has 1 saturated carbocycles. The van der Waals surface area contributed by atoms with Gasteiger partial charge < -0.3 is 16.4 Å². The van der Waals surface area contributed by atoms with E-state index in [1.54, 1.807) is 0 Å². The third-order valence-electron chi connectivity index (χ3n) is 4.38. The van der Waals surface area contributed by atoms with E-state index in [1.165, 1.54) is 0 Å². The van der Waals surface area contributed by atoms with Crippen molar-refractivity contribution in [3.05, 3.63) is 0 Å². The molecule has 0 bridgehead atoms. The van der Waals surface area contributed by atoms with Crippen LogP contribution in [0.4, 0.5) is 0 Å². The van der Waals surface area contributed by atoms with Crippen LogP contribution >= 0.6 is 12.4 Å². The van der Waals surface area contributed by atoms with Crippen LogP contribution in [0.25, 0.3) is 0 Å². The summed E-state index contributed by atoms with van der Waals surface area (Å²) in [5.41, 5.74) is 11.2. The molecular weight excluding hydrogens is 278 g/mol. The molecule has 1 heterocycles. The summed E-state index contributed by atoms with van der Waals surface area (Å²) in [5, 5.41) is 0. The number of nitrogens with zero attached hydrogens (tertiary/aromatic N) is 1. The number of amides is 2. The van der Waals surface area contributed by atoms with Crippen LogP contribution in [0.15, 0.2) is 0 Å². The van der Waals surface area contributed by atoms with Crippen LogP contribution in [0.3, 0.4) is 0 Å². The summed E-state index contributed by atoms with van der Waals surface area (Å²) in [6.07, 6.45) is 6.23. The Kier molecular flexibility index (Phi) is 6.76. The molecule has 0 aromatic carbocycles. The van der Waals surface area contributed by atoms with Crippen LogP contribution in [0, 0.1) is 11.8 Å². The number of piperidine rings is 1. The fraction of sp³-hybridized carbons (Fsp3) is 0.857. The number of hydrogen-bond acceptors (Lipinski definition) is 3. The molecule has 2 rings (SSSR count). The van der Waals surface area contributed by atoms with Gasteiger partial charge in [0.25, 0.3) is 0 Å². The second kappa shape index (κ2) is 7.84. The first-order chi connectivity index (χ1) is 9.06. The lowest BCUT2D eigenvalue weighted by molar-refractivity contribution is -0.139. The van der Waals surface area contributed by atoms with Gasteiger partial charge in [-0.2, -0.15) is 0 Å². The Labute approximate surface area is 126 Å². The van der Waals surface area contributed by atoms with Crippen LogP contribution < -0.4 is 11.5 Å². The van der Waals surface area contributed by atoms with Crippen LogP contribution in [-0.2, 0) is 9.59 Å². The molecule has 0 aromatic heterocycles. The quantitative estimate of drug-likeness (QED) is 0.816. The predicted molar refractivity (Wildman–Crippen MR) is 80.3 cm³/mol. The van der Waals surface area contributed by atoms with Crippen molar-refractivity contribution >= 4 is 24.2 Å². The Hall–Kier alpha value is -0.810. The van der Waals surface area contributed by atoms with Gasteiger partial charge in [0.15, 0.2) is 0 Å². The Morgan fingerprint density at radius 2 is 1.90 bits per heavy atom. The highest BCUT2D eigenvalue weighted by atomic mass is 35.5. The maximum absolute atomic E-state index is 12.5. The number of halogens is 1. The van der Waals surface area contributed by atoms with Crippen molar-refractivity contribution in [2.24, 2.45) is 23.3 Å². The van der Waals surface area contributed by atoms with Crippen molar-refractivity contribution < 1.29 is 9.59 Å². The minimum atomic E-state index is -0.265. The average molecular weight is 304 g/mol. The lowest BCUT2D eigenvalue weighted by Gasteiger charge is -2.36. The fourth-order valence-electron chi connectivity index (χ4n) is 3.43. The summed E-state index contributed by atoms with van der Waals surface area (Å²) in [5.74, 6) is 0.312. The summed E-state index contributed by atoms with van der Waals surface area (Å²) in [6, 6.07) is 0.175. The first-order valence-electron chi connectivity index (χ1n) is 7.39. The summed E-state index contributed by atoms with van der Waals surface area (Å²) < 4.78 is 0. The molecule has 0 spiro atoms. The van der Waals surface area contributed by atoms with Crippen molar-refractivity contribution in [3.63, 3.8) is 0 Å². The van der Waals surface area contributed by atoms with Gasteiger partial charge in [0, 0.05) is 31.5 Å². The second-order valence-corrected chi connectivity index (χ2v) is 6.09. The molecule has 3 unspecified atom stereocenters. The molecule has 2 amide bonds. The lowest BCUT2D eigenvalue weighted by Crippen LogP contribution is -2.45. The number of primary amides is 1. The third kappa shape index (κ3) is 4.63. The van der Waals surface area contributed by atoms with E-state index in [0.717, 1.165) is 45.1 Å². The number of rotatable bonds is 3. The minimum Gasteiger partial charge on any atom is -0.370 e. The minimum absolute atomic E-state index is 0. The number of carbonyl (C=O) groups excluding carboxylic acids is 2. The highest BCUT2D eigenvalue weighted by molar-refractivity contribution is 5.85. The Bertz CT molecular complexity index is 351. The first kappa shape index (κ1) is 17.2. The van der Waals surface area contributed by atoms with E-state index >= 15 is 0 Å². The first-order valence-corrected chi connectivity index (χ1v) is 7.39. The molecule has 5 nitrogen and oxygen atoms in total. The van der Waals surface area contributed by atoms with E-state index in [2.05, 4.69) is 0 Å². The topological polar surface area (TPSA) is 89.4 Å².